The van der Waals surface area contributed by atoms with Gasteiger partial charge in [0.05, 0.1) is 17.6 Å². The van der Waals surface area contributed by atoms with Crippen molar-refractivity contribution in [1.29, 1.82) is 5.26 Å². The average molecular weight is 458 g/mol. The highest BCUT2D eigenvalue weighted by molar-refractivity contribution is 5.79. The molecular formula is C26H27N5O3. The molecule has 0 radical (unpaired) electrons. The number of likely N-dealkylation sites (tertiary alicyclic amines) is 1. The lowest BCUT2D eigenvalue weighted by atomic mass is 9.94. The zero-order chi connectivity index (χ0) is 23.8. The molecule has 2 aliphatic rings. The Hall–Kier alpha value is -3.70. The second kappa shape index (κ2) is 8.92. The minimum atomic E-state index is -0.0251. The second-order valence-corrected chi connectivity index (χ2v) is 9.11. The van der Waals surface area contributed by atoms with E-state index in [4.69, 9.17) is 9.26 Å². The molecule has 2 aromatic carbocycles. The fraction of sp³-hybridized carbons (Fsp3) is 0.385. The number of amides is 1. The smallest absolute Gasteiger partial charge is 0.258 e. The highest BCUT2D eigenvalue weighted by Gasteiger charge is 2.39. The van der Waals surface area contributed by atoms with Gasteiger partial charge in [-0.3, -0.25) is 9.69 Å². The molecule has 1 atom stereocenters. The van der Waals surface area contributed by atoms with Gasteiger partial charge in [-0.2, -0.15) is 10.2 Å². The fourth-order valence-corrected chi connectivity index (χ4v) is 4.92. The van der Waals surface area contributed by atoms with Gasteiger partial charge in [0.2, 0.25) is 11.7 Å². The molecule has 5 rings (SSSR count). The summed E-state index contributed by atoms with van der Waals surface area (Å²) in [6.07, 6.45) is 1.92. The molecule has 3 aromatic rings. The van der Waals surface area contributed by atoms with Crippen molar-refractivity contribution >= 4 is 5.91 Å². The Bertz CT molecular complexity index is 1270. The minimum Gasteiger partial charge on any atom is -0.490 e. The van der Waals surface area contributed by atoms with Gasteiger partial charge >= 0.3 is 0 Å². The maximum absolute atomic E-state index is 11.9. The van der Waals surface area contributed by atoms with E-state index in [9.17, 15) is 10.1 Å². The molecule has 1 aliphatic carbocycles. The Morgan fingerprint density at radius 2 is 2.12 bits per heavy atom. The number of carbonyl (C=O) groups excluding carboxylic acids is 1. The minimum absolute atomic E-state index is 0.0251. The third-order valence-electron chi connectivity index (χ3n) is 6.58. The number of benzene rings is 2. The first kappa shape index (κ1) is 22.1. The van der Waals surface area contributed by atoms with Gasteiger partial charge in [0, 0.05) is 37.3 Å². The van der Waals surface area contributed by atoms with Crippen LogP contribution >= 0.6 is 0 Å². The third kappa shape index (κ3) is 3.93. The van der Waals surface area contributed by atoms with Gasteiger partial charge in [0.1, 0.15) is 11.8 Å². The van der Waals surface area contributed by atoms with E-state index in [0.29, 0.717) is 34.6 Å². The Morgan fingerprint density at radius 3 is 2.85 bits per heavy atom. The summed E-state index contributed by atoms with van der Waals surface area (Å²) in [6.45, 7) is 5.42. The van der Waals surface area contributed by atoms with E-state index >= 15 is 0 Å². The van der Waals surface area contributed by atoms with Crippen molar-refractivity contribution in [2.75, 3.05) is 20.1 Å². The van der Waals surface area contributed by atoms with Crippen molar-refractivity contribution in [2.24, 2.45) is 5.92 Å². The number of aromatic nitrogens is 2. The van der Waals surface area contributed by atoms with Crippen LogP contribution in [0.3, 0.4) is 0 Å². The highest BCUT2D eigenvalue weighted by atomic mass is 16.5. The molecule has 0 saturated carbocycles. The number of nitriles is 1. The number of nitrogens with one attached hydrogen (secondary N) is 1. The number of hydrogen-bond acceptors (Lipinski definition) is 7. The molecule has 8 nitrogen and oxygen atoms in total. The van der Waals surface area contributed by atoms with E-state index in [1.807, 2.05) is 32.0 Å². The molecule has 1 aromatic heterocycles. The van der Waals surface area contributed by atoms with E-state index in [1.165, 1.54) is 11.1 Å². The van der Waals surface area contributed by atoms with Crippen LogP contribution in [0.15, 0.2) is 40.9 Å². The molecule has 2 heterocycles. The summed E-state index contributed by atoms with van der Waals surface area (Å²) in [6, 6.07) is 14.0. The fourth-order valence-electron chi connectivity index (χ4n) is 4.92. The van der Waals surface area contributed by atoms with Crippen LogP contribution in [0.25, 0.3) is 22.8 Å². The summed E-state index contributed by atoms with van der Waals surface area (Å²) in [5.74, 6) is 1.64. The van der Waals surface area contributed by atoms with Gasteiger partial charge < -0.3 is 14.6 Å². The molecule has 1 unspecified atom stereocenters. The Kier molecular flexibility index (Phi) is 5.80. The van der Waals surface area contributed by atoms with E-state index in [1.54, 1.807) is 19.2 Å². The maximum atomic E-state index is 11.9. The molecule has 8 heteroatoms. The number of carbonyl (C=O) groups is 1. The molecule has 174 valence electrons. The third-order valence-corrected chi connectivity index (χ3v) is 6.58. The first-order valence-corrected chi connectivity index (χ1v) is 11.6. The first-order chi connectivity index (χ1) is 16.5. The lowest BCUT2D eigenvalue weighted by molar-refractivity contribution is -0.130. The van der Waals surface area contributed by atoms with Crippen LogP contribution < -0.4 is 10.1 Å². The molecular weight excluding hydrogens is 430 g/mol. The van der Waals surface area contributed by atoms with Crippen molar-refractivity contribution in [2.45, 2.75) is 38.8 Å². The predicted molar refractivity (Wildman–Crippen MR) is 126 cm³/mol. The van der Waals surface area contributed by atoms with Crippen LogP contribution in [0.1, 0.15) is 43.0 Å². The van der Waals surface area contributed by atoms with Gasteiger partial charge in [-0.05, 0) is 56.0 Å². The number of ether oxygens (including phenoxy) is 1. The van der Waals surface area contributed by atoms with Gasteiger partial charge in [-0.1, -0.05) is 23.4 Å². The Labute approximate surface area is 198 Å². The normalized spacial score (nSPS) is 17.8. The lowest BCUT2D eigenvalue weighted by Crippen LogP contribution is -2.53. The molecule has 0 bridgehead atoms. The van der Waals surface area contributed by atoms with Crippen LogP contribution in [0.5, 0.6) is 5.75 Å². The summed E-state index contributed by atoms with van der Waals surface area (Å²) in [5, 5.41) is 16.5. The van der Waals surface area contributed by atoms with Crippen molar-refractivity contribution in [3.05, 3.63) is 53.1 Å². The molecule has 1 aliphatic heterocycles. The number of rotatable bonds is 6. The van der Waals surface area contributed by atoms with Gasteiger partial charge in [0.25, 0.3) is 5.89 Å². The van der Waals surface area contributed by atoms with E-state index < -0.39 is 0 Å². The highest BCUT2D eigenvalue weighted by Crippen LogP contribution is 2.42. The topological polar surface area (TPSA) is 104 Å². The van der Waals surface area contributed by atoms with Gasteiger partial charge in [-0.25, -0.2) is 0 Å². The quantitative estimate of drug-likeness (QED) is 0.601. The maximum Gasteiger partial charge on any atom is 0.258 e. The van der Waals surface area contributed by atoms with Crippen molar-refractivity contribution < 1.29 is 14.1 Å². The molecule has 1 saturated heterocycles. The standard InChI is InChI=1S/C26H27N5O3/c1-15(2)33-23-10-7-16(11-17(23)12-27)26-29-24(30-34-26)21-6-4-5-20-19(21)8-9-22(20)31-13-18(14-31)25(32)28-3/h4-7,10-11,15,18,22H,8-9,13-14H2,1-3H3,(H,28,32). The van der Waals surface area contributed by atoms with Crippen LogP contribution in [0.4, 0.5) is 0 Å². The molecule has 1 amide bonds. The van der Waals surface area contributed by atoms with E-state index in [2.05, 4.69) is 32.5 Å². The van der Waals surface area contributed by atoms with Crippen LogP contribution in [-0.2, 0) is 11.2 Å². The second-order valence-electron chi connectivity index (χ2n) is 9.11. The van der Waals surface area contributed by atoms with E-state index in [-0.39, 0.29) is 17.9 Å². The van der Waals surface area contributed by atoms with Crippen LogP contribution in [-0.4, -0.2) is 47.2 Å². The van der Waals surface area contributed by atoms with Crippen molar-refractivity contribution in [1.82, 2.24) is 20.4 Å². The summed E-state index contributed by atoms with van der Waals surface area (Å²) in [4.78, 5) is 18.9. The SMILES string of the molecule is CNC(=O)C1CN(C2CCc3c(-c4noc(-c5ccc(OC(C)C)c(C#N)c5)n4)cccc32)C1. The zero-order valence-corrected chi connectivity index (χ0v) is 19.5. The number of hydrogen-bond donors (Lipinski definition) is 1. The summed E-state index contributed by atoms with van der Waals surface area (Å²) < 4.78 is 11.3. The Balaban J connectivity index is 1.38. The lowest BCUT2D eigenvalue weighted by Gasteiger charge is -2.42. The summed E-state index contributed by atoms with van der Waals surface area (Å²) in [5.41, 5.74) is 4.60. The Morgan fingerprint density at radius 1 is 1.29 bits per heavy atom. The van der Waals surface area contributed by atoms with E-state index in [0.717, 1.165) is 31.5 Å². The molecule has 0 spiro atoms. The predicted octanol–water partition coefficient (Wildman–Crippen LogP) is 3.73. The summed E-state index contributed by atoms with van der Waals surface area (Å²) >= 11 is 0. The van der Waals surface area contributed by atoms with Crippen LogP contribution in [0.2, 0.25) is 0 Å². The van der Waals surface area contributed by atoms with Crippen molar-refractivity contribution in [3.63, 3.8) is 0 Å². The number of fused-ring (bicyclic) bond motifs is 1. The van der Waals surface area contributed by atoms with Crippen molar-refractivity contribution in [3.8, 4) is 34.7 Å². The molecule has 1 fully saturated rings. The monoisotopic (exact) mass is 457 g/mol. The van der Waals surface area contributed by atoms with Gasteiger partial charge in [-0.15, -0.1) is 0 Å². The van der Waals surface area contributed by atoms with Crippen LogP contribution in [0, 0.1) is 17.2 Å². The summed E-state index contributed by atoms with van der Waals surface area (Å²) in [7, 11) is 1.69. The molecule has 1 N–H and O–H groups in total. The zero-order valence-electron chi connectivity index (χ0n) is 19.5. The van der Waals surface area contributed by atoms with Gasteiger partial charge in [0.15, 0.2) is 0 Å². The largest absolute Gasteiger partial charge is 0.490 e. The average Bonchev–Trinajstić information content (AvgIpc) is 3.46. The first-order valence-electron chi connectivity index (χ1n) is 11.6. The number of nitrogens with zero attached hydrogens (tertiary/aromatic N) is 4. The molecule has 34 heavy (non-hydrogen) atoms.